The van der Waals surface area contributed by atoms with E-state index in [9.17, 15) is 4.79 Å². The van der Waals surface area contributed by atoms with Gasteiger partial charge in [-0.15, -0.1) is 0 Å². The fraction of sp³-hybridized carbons (Fsp3) is 0.533. The van der Waals surface area contributed by atoms with E-state index in [1.165, 1.54) is 5.56 Å². The number of carbonyl (C=O) groups excluding carboxylic acids is 1. The number of nitrogens with zero attached hydrogens (tertiary/aromatic N) is 1. The Kier molecular flexibility index (Phi) is 4.93. The third-order valence-electron chi connectivity index (χ3n) is 3.64. The highest BCUT2D eigenvalue weighted by Crippen LogP contribution is 2.05. The van der Waals surface area contributed by atoms with Gasteiger partial charge in [0.05, 0.1) is 6.54 Å². The molecule has 0 aliphatic carbocycles. The summed E-state index contributed by atoms with van der Waals surface area (Å²) in [4.78, 5) is 14.1. The summed E-state index contributed by atoms with van der Waals surface area (Å²) >= 11 is 0. The average molecular weight is 261 g/mol. The van der Waals surface area contributed by atoms with Gasteiger partial charge in [0.15, 0.2) is 0 Å². The Morgan fingerprint density at radius 1 is 1.37 bits per heavy atom. The van der Waals surface area contributed by atoms with Crippen LogP contribution in [0.1, 0.15) is 18.1 Å². The molecule has 0 saturated carbocycles. The van der Waals surface area contributed by atoms with Crippen molar-refractivity contribution in [2.24, 2.45) is 0 Å². The summed E-state index contributed by atoms with van der Waals surface area (Å²) in [5, 5.41) is 6.22. The Bertz CT molecular complexity index is 412. The molecule has 104 valence electrons. The van der Waals surface area contributed by atoms with Gasteiger partial charge in [0.1, 0.15) is 0 Å². The largest absolute Gasteiger partial charge is 0.351 e. The average Bonchev–Trinajstić information content (AvgIpc) is 2.35. The van der Waals surface area contributed by atoms with Crippen LogP contribution in [0.3, 0.4) is 0 Å². The van der Waals surface area contributed by atoms with Crippen LogP contribution in [0.25, 0.3) is 0 Å². The van der Waals surface area contributed by atoms with Crippen molar-refractivity contribution in [1.29, 1.82) is 0 Å². The molecule has 1 saturated heterocycles. The van der Waals surface area contributed by atoms with Crippen LogP contribution in [-0.4, -0.2) is 43.0 Å². The number of hydrogen-bond acceptors (Lipinski definition) is 3. The van der Waals surface area contributed by atoms with Crippen molar-refractivity contribution in [3.05, 3.63) is 35.4 Å². The number of hydrogen-bond donors (Lipinski definition) is 2. The molecule has 1 aromatic carbocycles. The third-order valence-corrected chi connectivity index (χ3v) is 3.64. The Morgan fingerprint density at radius 2 is 2.05 bits per heavy atom. The molecule has 2 N–H and O–H groups in total. The number of carbonyl (C=O) groups is 1. The molecule has 0 spiro atoms. The minimum atomic E-state index is 0.106. The summed E-state index contributed by atoms with van der Waals surface area (Å²) in [6.07, 6.45) is 0. The second-order valence-electron chi connectivity index (χ2n) is 5.14. The molecule has 4 nitrogen and oxygen atoms in total. The quantitative estimate of drug-likeness (QED) is 0.800. The number of benzene rings is 1. The first-order chi connectivity index (χ1) is 9.19. The standard InChI is InChI=1S/C15H23N3O/c1-3-18(14-9-16-10-14)11-15(19)17-8-13-6-4-12(2)5-7-13/h4-7,14,16H,3,8-11H2,1-2H3,(H,17,19). The summed E-state index contributed by atoms with van der Waals surface area (Å²) in [5.41, 5.74) is 2.39. The predicted octanol–water partition coefficient (Wildman–Crippen LogP) is 0.905. The summed E-state index contributed by atoms with van der Waals surface area (Å²) < 4.78 is 0. The number of nitrogens with one attached hydrogen (secondary N) is 2. The maximum atomic E-state index is 11.9. The molecule has 0 radical (unpaired) electrons. The monoisotopic (exact) mass is 261 g/mol. The van der Waals surface area contributed by atoms with E-state index in [4.69, 9.17) is 0 Å². The molecule has 1 aliphatic rings. The lowest BCUT2D eigenvalue weighted by atomic mass is 10.1. The van der Waals surface area contributed by atoms with Gasteiger partial charge >= 0.3 is 0 Å². The van der Waals surface area contributed by atoms with Crippen molar-refractivity contribution in [3.8, 4) is 0 Å². The zero-order valence-corrected chi connectivity index (χ0v) is 11.8. The Hall–Kier alpha value is -1.39. The lowest BCUT2D eigenvalue weighted by Crippen LogP contribution is -2.58. The number of likely N-dealkylation sites (N-methyl/N-ethyl adjacent to an activating group) is 1. The van der Waals surface area contributed by atoms with Crippen molar-refractivity contribution in [1.82, 2.24) is 15.5 Å². The SMILES string of the molecule is CCN(CC(=O)NCc1ccc(C)cc1)C1CNC1. The molecule has 1 aromatic rings. The Balaban J connectivity index is 1.75. The zero-order chi connectivity index (χ0) is 13.7. The number of rotatable bonds is 6. The Labute approximate surface area is 115 Å². The van der Waals surface area contributed by atoms with E-state index < -0.39 is 0 Å². The van der Waals surface area contributed by atoms with Gasteiger partial charge in [0, 0.05) is 25.7 Å². The van der Waals surface area contributed by atoms with Gasteiger partial charge in [-0.1, -0.05) is 36.8 Å². The topological polar surface area (TPSA) is 44.4 Å². The van der Waals surface area contributed by atoms with Crippen LogP contribution in [0.15, 0.2) is 24.3 Å². The Morgan fingerprint density at radius 3 is 2.58 bits per heavy atom. The van der Waals surface area contributed by atoms with Crippen LogP contribution < -0.4 is 10.6 Å². The molecule has 1 amide bonds. The van der Waals surface area contributed by atoms with E-state index in [0.717, 1.165) is 25.2 Å². The van der Waals surface area contributed by atoms with E-state index in [1.54, 1.807) is 0 Å². The molecule has 1 fully saturated rings. The van der Waals surface area contributed by atoms with E-state index in [1.807, 2.05) is 0 Å². The maximum absolute atomic E-state index is 11.9. The minimum absolute atomic E-state index is 0.106. The molecule has 1 aliphatic heterocycles. The highest BCUT2D eigenvalue weighted by atomic mass is 16.2. The van der Waals surface area contributed by atoms with E-state index in [2.05, 4.69) is 53.6 Å². The van der Waals surface area contributed by atoms with Crippen molar-refractivity contribution >= 4 is 5.91 Å². The molecule has 0 atom stereocenters. The second kappa shape index (κ2) is 6.68. The molecule has 0 aromatic heterocycles. The fourth-order valence-electron chi connectivity index (χ4n) is 2.18. The molecule has 2 rings (SSSR count). The zero-order valence-electron chi connectivity index (χ0n) is 11.8. The van der Waals surface area contributed by atoms with Crippen molar-refractivity contribution in [3.63, 3.8) is 0 Å². The van der Waals surface area contributed by atoms with Gasteiger partial charge in [-0.05, 0) is 19.0 Å². The number of aryl methyl sites for hydroxylation is 1. The van der Waals surface area contributed by atoms with Crippen LogP contribution in [0.4, 0.5) is 0 Å². The summed E-state index contributed by atoms with van der Waals surface area (Å²) in [5.74, 6) is 0.106. The van der Waals surface area contributed by atoms with Crippen LogP contribution in [0.2, 0.25) is 0 Å². The smallest absolute Gasteiger partial charge is 0.234 e. The lowest BCUT2D eigenvalue weighted by molar-refractivity contribution is -0.123. The normalized spacial score (nSPS) is 15.3. The third kappa shape index (κ3) is 4.04. The summed E-state index contributed by atoms with van der Waals surface area (Å²) in [6, 6.07) is 8.78. The molecule has 19 heavy (non-hydrogen) atoms. The van der Waals surface area contributed by atoms with E-state index in [0.29, 0.717) is 19.1 Å². The van der Waals surface area contributed by atoms with Crippen molar-refractivity contribution < 1.29 is 4.79 Å². The van der Waals surface area contributed by atoms with Crippen LogP contribution in [0.5, 0.6) is 0 Å². The molecular weight excluding hydrogens is 238 g/mol. The second-order valence-corrected chi connectivity index (χ2v) is 5.14. The minimum Gasteiger partial charge on any atom is -0.351 e. The van der Waals surface area contributed by atoms with Gasteiger partial charge in [-0.3, -0.25) is 9.69 Å². The summed E-state index contributed by atoms with van der Waals surface area (Å²) in [7, 11) is 0. The highest BCUT2D eigenvalue weighted by Gasteiger charge is 2.24. The maximum Gasteiger partial charge on any atom is 0.234 e. The fourth-order valence-corrected chi connectivity index (χ4v) is 2.18. The van der Waals surface area contributed by atoms with Gasteiger partial charge in [-0.25, -0.2) is 0 Å². The molecular formula is C15H23N3O. The van der Waals surface area contributed by atoms with Crippen LogP contribution >= 0.6 is 0 Å². The molecule has 4 heteroatoms. The van der Waals surface area contributed by atoms with E-state index in [-0.39, 0.29) is 5.91 Å². The van der Waals surface area contributed by atoms with Crippen LogP contribution in [0, 0.1) is 6.92 Å². The first-order valence-corrected chi connectivity index (χ1v) is 6.96. The first-order valence-electron chi connectivity index (χ1n) is 6.96. The summed E-state index contributed by atoms with van der Waals surface area (Å²) in [6.45, 7) is 8.19. The number of amides is 1. The highest BCUT2D eigenvalue weighted by molar-refractivity contribution is 5.78. The van der Waals surface area contributed by atoms with Gasteiger partial charge < -0.3 is 10.6 Å². The molecule has 0 bridgehead atoms. The van der Waals surface area contributed by atoms with Crippen molar-refractivity contribution in [2.75, 3.05) is 26.2 Å². The van der Waals surface area contributed by atoms with Crippen LogP contribution in [-0.2, 0) is 11.3 Å². The molecule has 0 unspecified atom stereocenters. The first kappa shape index (κ1) is 14.0. The van der Waals surface area contributed by atoms with Gasteiger partial charge in [0.2, 0.25) is 5.91 Å². The van der Waals surface area contributed by atoms with Crippen molar-refractivity contribution in [2.45, 2.75) is 26.4 Å². The van der Waals surface area contributed by atoms with E-state index >= 15 is 0 Å². The lowest BCUT2D eigenvalue weighted by Gasteiger charge is -2.37. The van der Waals surface area contributed by atoms with Gasteiger partial charge in [-0.2, -0.15) is 0 Å². The predicted molar refractivity (Wildman–Crippen MR) is 76.9 cm³/mol. The van der Waals surface area contributed by atoms with Gasteiger partial charge in [0.25, 0.3) is 0 Å². The molecule has 1 heterocycles.